The molecule has 1 saturated heterocycles. The predicted molar refractivity (Wildman–Crippen MR) is 72.9 cm³/mol. The van der Waals surface area contributed by atoms with Crippen LogP contribution in [0.25, 0.3) is 0 Å². The Hall–Kier alpha value is -0.750. The van der Waals surface area contributed by atoms with Gasteiger partial charge in [-0.15, -0.1) is 11.8 Å². The van der Waals surface area contributed by atoms with E-state index in [9.17, 15) is 9.59 Å². The number of carboxylic acids is 1. The lowest BCUT2D eigenvalue weighted by atomic mass is 10.1. The van der Waals surface area contributed by atoms with E-state index in [2.05, 4.69) is 10.2 Å². The molecule has 0 radical (unpaired) electrons. The number of carbonyl (C=O) groups excluding carboxylic acids is 1. The minimum Gasteiger partial charge on any atom is -0.481 e. The highest BCUT2D eigenvalue weighted by molar-refractivity contribution is 8.00. The summed E-state index contributed by atoms with van der Waals surface area (Å²) in [4.78, 5) is 24.2. The molecule has 104 valence electrons. The van der Waals surface area contributed by atoms with Gasteiger partial charge in [0.15, 0.2) is 0 Å². The van der Waals surface area contributed by atoms with E-state index in [1.54, 1.807) is 0 Å². The molecule has 6 heteroatoms. The Morgan fingerprint density at radius 1 is 1.28 bits per heavy atom. The normalized spacial score (nSPS) is 18.3. The second-order valence-electron chi connectivity index (χ2n) is 4.72. The number of piperidine rings is 1. The van der Waals surface area contributed by atoms with E-state index >= 15 is 0 Å². The molecule has 0 aromatic heterocycles. The van der Waals surface area contributed by atoms with Crippen LogP contribution in [0.2, 0.25) is 0 Å². The van der Waals surface area contributed by atoms with Gasteiger partial charge in [0.25, 0.3) is 0 Å². The van der Waals surface area contributed by atoms with Crippen LogP contribution in [0.3, 0.4) is 0 Å². The molecule has 0 aliphatic carbocycles. The Morgan fingerprint density at radius 2 is 1.94 bits per heavy atom. The average molecular weight is 274 g/mol. The van der Waals surface area contributed by atoms with Gasteiger partial charge in [-0.3, -0.25) is 9.59 Å². The van der Waals surface area contributed by atoms with E-state index in [1.807, 2.05) is 6.92 Å². The van der Waals surface area contributed by atoms with Gasteiger partial charge in [-0.2, -0.15) is 0 Å². The topological polar surface area (TPSA) is 69.6 Å². The lowest BCUT2D eigenvalue weighted by Gasteiger charge is -2.29. The summed E-state index contributed by atoms with van der Waals surface area (Å²) in [7, 11) is 0. The standard InChI is InChI=1S/C12H22N2O3S/c1-10(7-14-5-3-2-4-6-14)13-11(15)8-18-9-12(16)17/h10H,2-9H2,1H3,(H,13,15)(H,16,17). The number of amides is 1. The molecule has 0 aromatic carbocycles. The van der Waals surface area contributed by atoms with Crippen LogP contribution in [-0.2, 0) is 9.59 Å². The molecule has 1 fully saturated rings. The number of carboxylic acid groups (broad SMARTS) is 1. The summed E-state index contributed by atoms with van der Waals surface area (Å²) in [5.41, 5.74) is 0. The highest BCUT2D eigenvalue weighted by atomic mass is 32.2. The number of hydrogen-bond acceptors (Lipinski definition) is 4. The van der Waals surface area contributed by atoms with E-state index in [0.29, 0.717) is 0 Å². The van der Waals surface area contributed by atoms with Crippen molar-refractivity contribution in [2.24, 2.45) is 0 Å². The lowest BCUT2D eigenvalue weighted by Crippen LogP contribution is -2.44. The van der Waals surface area contributed by atoms with E-state index in [-0.39, 0.29) is 23.5 Å². The summed E-state index contributed by atoms with van der Waals surface area (Å²) in [5.74, 6) is -0.759. The molecule has 1 rings (SSSR count). The number of nitrogens with zero attached hydrogens (tertiary/aromatic N) is 1. The number of hydrogen-bond donors (Lipinski definition) is 2. The number of rotatable bonds is 7. The van der Waals surface area contributed by atoms with Gasteiger partial charge >= 0.3 is 5.97 Å². The third kappa shape index (κ3) is 6.86. The summed E-state index contributed by atoms with van der Waals surface area (Å²) in [6, 6.07) is 0.126. The van der Waals surface area contributed by atoms with Crippen LogP contribution >= 0.6 is 11.8 Å². The Balaban J connectivity index is 2.12. The first kappa shape index (κ1) is 15.3. The van der Waals surface area contributed by atoms with Gasteiger partial charge in [-0.25, -0.2) is 0 Å². The van der Waals surface area contributed by atoms with Gasteiger partial charge in [-0.1, -0.05) is 6.42 Å². The maximum absolute atomic E-state index is 11.5. The fourth-order valence-electron chi connectivity index (χ4n) is 2.12. The second kappa shape index (κ2) is 8.37. The zero-order chi connectivity index (χ0) is 13.4. The van der Waals surface area contributed by atoms with Crippen LogP contribution < -0.4 is 5.32 Å². The number of nitrogens with one attached hydrogen (secondary N) is 1. The van der Waals surface area contributed by atoms with Gasteiger partial charge in [0.1, 0.15) is 0 Å². The molecule has 1 aliphatic heterocycles. The summed E-state index contributed by atoms with van der Waals surface area (Å²) in [5, 5.41) is 11.4. The molecule has 1 atom stereocenters. The van der Waals surface area contributed by atoms with E-state index in [1.165, 1.54) is 19.3 Å². The van der Waals surface area contributed by atoms with Crippen molar-refractivity contribution in [2.45, 2.75) is 32.2 Å². The molecule has 2 N–H and O–H groups in total. The predicted octanol–water partition coefficient (Wildman–Crippen LogP) is 0.795. The monoisotopic (exact) mass is 274 g/mol. The Bertz CT molecular complexity index is 280. The molecule has 0 aromatic rings. The molecule has 1 heterocycles. The minimum atomic E-state index is -0.880. The summed E-state index contributed by atoms with van der Waals surface area (Å²) in [6.45, 7) is 5.12. The Kier molecular flexibility index (Phi) is 7.12. The zero-order valence-corrected chi connectivity index (χ0v) is 11.7. The van der Waals surface area contributed by atoms with Crippen LogP contribution in [0.1, 0.15) is 26.2 Å². The molecule has 18 heavy (non-hydrogen) atoms. The molecule has 0 spiro atoms. The van der Waals surface area contributed by atoms with Crippen LogP contribution in [-0.4, -0.2) is 59.1 Å². The highest BCUT2D eigenvalue weighted by Gasteiger charge is 2.14. The first-order valence-electron chi connectivity index (χ1n) is 6.39. The van der Waals surface area contributed by atoms with Gasteiger partial charge < -0.3 is 15.3 Å². The van der Waals surface area contributed by atoms with Crippen molar-refractivity contribution in [3.8, 4) is 0 Å². The summed E-state index contributed by atoms with van der Waals surface area (Å²) in [6.07, 6.45) is 3.80. The maximum atomic E-state index is 11.5. The zero-order valence-electron chi connectivity index (χ0n) is 10.9. The summed E-state index contributed by atoms with van der Waals surface area (Å²) < 4.78 is 0. The molecule has 0 bridgehead atoms. The second-order valence-corrected chi connectivity index (χ2v) is 5.70. The number of carbonyl (C=O) groups is 2. The number of thioether (sulfide) groups is 1. The van der Waals surface area contributed by atoms with E-state index < -0.39 is 5.97 Å². The largest absolute Gasteiger partial charge is 0.481 e. The van der Waals surface area contributed by atoms with E-state index in [4.69, 9.17) is 5.11 Å². The number of aliphatic carboxylic acids is 1. The highest BCUT2D eigenvalue weighted by Crippen LogP contribution is 2.08. The Labute approximate surface area is 112 Å². The first-order chi connectivity index (χ1) is 8.58. The maximum Gasteiger partial charge on any atom is 0.313 e. The van der Waals surface area contributed by atoms with Crippen LogP contribution in [0.5, 0.6) is 0 Å². The van der Waals surface area contributed by atoms with Crippen molar-refractivity contribution in [1.29, 1.82) is 0 Å². The smallest absolute Gasteiger partial charge is 0.313 e. The average Bonchev–Trinajstić information content (AvgIpc) is 2.29. The fourth-order valence-corrected chi connectivity index (χ4v) is 2.67. The number of likely N-dealkylation sites (tertiary alicyclic amines) is 1. The van der Waals surface area contributed by atoms with Crippen molar-refractivity contribution in [2.75, 3.05) is 31.1 Å². The first-order valence-corrected chi connectivity index (χ1v) is 7.54. The van der Waals surface area contributed by atoms with Gasteiger partial charge in [0, 0.05) is 12.6 Å². The van der Waals surface area contributed by atoms with E-state index in [0.717, 1.165) is 31.4 Å². The van der Waals surface area contributed by atoms with Crippen molar-refractivity contribution in [3.05, 3.63) is 0 Å². The fraction of sp³-hybridized carbons (Fsp3) is 0.833. The quantitative estimate of drug-likeness (QED) is 0.718. The third-order valence-corrected chi connectivity index (χ3v) is 3.76. The van der Waals surface area contributed by atoms with Crippen molar-refractivity contribution < 1.29 is 14.7 Å². The van der Waals surface area contributed by atoms with Crippen molar-refractivity contribution in [3.63, 3.8) is 0 Å². The summed E-state index contributed by atoms with van der Waals surface area (Å²) >= 11 is 1.13. The van der Waals surface area contributed by atoms with Gasteiger partial charge in [-0.05, 0) is 32.9 Å². The molecular formula is C12H22N2O3S. The van der Waals surface area contributed by atoms with Crippen LogP contribution in [0.15, 0.2) is 0 Å². The van der Waals surface area contributed by atoms with Crippen LogP contribution in [0.4, 0.5) is 0 Å². The molecule has 1 aliphatic rings. The van der Waals surface area contributed by atoms with Gasteiger partial charge in [0.2, 0.25) is 5.91 Å². The molecule has 5 nitrogen and oxygen atoms in total. The third-order valence-electron chi connectivity index (χ3n) is 2.85. The van der Waals surface area contributed by atoms with Crippen molar-refractivity contribution in [1.82, 2.24) is 10.2 Å². The Morgan fingerprint density at radius 3 is 2.56 bits per heavy atom. The van der Waals surface area contributed by atoms with Crippen LogP contribution in [0, 0.1) is 0 Å². The lowest BCUT2D eigenvalue weighted by molar-refractivity contribution is -0.133. The van der Waals surface area contributed by atoms with Crippen molar-refractivity contribution >= 4 is 23.6 Å². The van der Waals surface area contributed by atoms with Gasteiger partial charge in [0.05, 0.1) is 11.5 Å². The molecule has 0 saturated carbocycles. The molecule has 1 amide bonds. The molecule has 1 unspecified atom stereocenters. The minimum absolute atomic E-state index is 0.0199. The SMILES string of the molecule is CC(CN1CCCCC1)NC(=O)CSCC(=O)O. The molecular weight excluding hydrogens is 252 g/mol.